The molecule has 2 heterocycles. The Hall–Kier alpha value is -2.17. The molecule has 1 N–H and O–H groups in total. The van der Waals surface area contributed by atoms with Gasteiger partial charge in [0.1, 0.15) is 0 Å². The Bertz CT molecular complexity index is 776. The van der Waals surface area contributed by atoms with Crippen LogP contribution < -0.4 is 5.32 Å². The monoisotopic (exact) mass is 307 g/mol. The molecule has 0 aliphatic carbocycles. The summed E-state index contributed by atoms with van der Waals surface area (Å²) < 4.78 is 5.50. The maximum Gasteiger partial charge on any atom is 0.167 e. The van der Waals surface area contributed by atoms with Gasteiger partial charge in [-0.15, -0.1) is 0 Å². The highest BCUT2D eigenvalue weighted by atomic mass is 16.5. The Morgan fingerprint density at radius 1 is 1.00 bits per heavy atom. The van der Waals surface area contributed by atoms with Crippen molar-refractivity contribution in [1.82, 2.24) is 15.4 Å². The molecule has 0 radical (unpaired) electrons. The molecule has 0 saturated carbocycles. The van der Waals surface area contributed by atoms with Gasteiger partial charge < -0.3 is 14.7 Å². The van der Waals surface area contributed by atoms with Crippen molar-refractivity contribution in [2.45, 2.75) is 6.42 Å². The Morgan fingerprint density at radius 2 is 1.83 bits per heavy atom. The molecule has 4 heteroatoms. The number of rotatable bonds is 4. The largest absolute Gasteiger partial charge is 0.356 e. The molecule has 1 fully saturated rings. The van der Waals surface area contributed by atoms with Crippen molar-refractivity contribution in [1.29, 1.82) is 0 Å². The summed E-state index contributed by atoms with van der Waals surface area (Å²) in [6.45, 7) is 5.43. The summed E-state index contributed by atoms with van der Waals surface area (Å²) in [4.78, 5) is 2.48. The predicted molar refractivity (Wildman–Crippen MR) is 92.5 cm³/mol. The van der Waals surface area contributed by atoms with Crippen LogP contribution in [0.1, 0.15) is 5.69 Å². The van der Waals surface area contributed by atoms with Gasteiger partial charge in [0.15, 0.2) is 5.58 Å². The topological polar surface area (TPSA) is 41.3 Å². The van der Waals surface area contributed by atoms with Crippen LogP contribution in [0, 0.1) is 0 Å². The lowest BCUT2D eigenvalue weighted by atomic mass is 10.0. The van der Waals surface area contributed by atoms with Crippen molar-refractivity contribution < 1.29 is 4.52 Å². The summed E-state index contributed by atoms with van der Waals surface area (Å²) in [5, 5.41) is 8.82. The zero-order valence-electron chi connectivity index (χ0n) is 13.2. The molecule has 118 valence electrons. The highest BCUT2D eigenvalue weighted by Crippen LogP contribution is 2.26. The molecule has 1 saturated heterocycles. The van der Waals surface area contributed by atoms with Crippen molar-refractivity contribution in [2.24, 2.45) is 0 Å². The Balaban J connectivity index is 1.57. The van der Waals surface area contributed by atoms with Gasteiger partial charge in [-0.2, -0.15) is 0 Å². The summed E-state index contributed by atoms with van der Waals surface area (Å²) in [5.74, 6) is 0. The molecule has 4 nitrogen and oxygen atoms in total. The van der Waals surface area contributed by atoms with Crippen molar-refractivity contribution >= 4 is 11.0 Å². The van der Waals surface area contributed by atoms with Crippen LogP contribution in [-0.4, -0.2) is 42.8 Å². The van der Waals surface area contributed by atoms with Crippen molar-refractivity contribution in [3.63, 3.8) is 0 Å². The Kier molecular flexibility index (Phi) is 4.09. The highest BCUT2D eigenvalue weighted by molar-refractivity contribution is 5.85. The van der Waals surface area contributed by atoms with Gasteiger partial charge >= 0.3 is 0 Å². The molecular formula is C19H21N3O. The van der Waals surface area contributed by atoms with E-state index in [2.05, 4.69) is 51.8 Å². The number of aromatic nitrogens is 1. The number of hydrogen-bond acceptors (Lipinski definition) is 4. The van der Waals surface area contributed by atoms with Gasteiger partial charge in [-0.1, -0.05) is 41.6 Å². The van der Waals surface area contributed by atoms with Crippen molar-refractivity contribution in [2.75, 3.05) is 32.7 Å². The van der Waals surface area contributed by atoms with E-state index < -0.39 is 0 Å². The van der Waals surface area contributed by atoms with E-state index in [1.165, 1.54) is 11.1 Å². The van der Waals surface area contributed by atoms with Crippen molar-refractivity contribution in [3.05, 3.63) is 54.2 Å². The molecular weight excluding hydrogens is 286 g/mol. The van der Waals surface area contributed by atoms with Crippen LogP contribution in [0.5, 0.6) is 0 Å². The third-order valence-corrected chi connectivity index (χ3v) is 4.53. The second-order valence-corrected chi connectivity index (χ2v) is 6.05. The standard InChI is InChI=1S/C19H21N3O/c1-2-4-15(5-3-1)16-6-7-19-17(14-16)18(21-23-19)8-11-22-12-9-20-10-13-22/h1-7,14,20H,8-13H2. The summed E-state index contributed by atoms with van der Waals surface area (Å²) >= 11 is 0. The molecule has 0 bridgehead atoms. The first-order valence-corrected chi connectivity index (χ1v) is 8.27. The molecule has 1 aliphatic heterocycles. The summed E-state index contributed by atoms with van der Waals surface area (Å²) in [7, 11) is 0. The third kappa shape index (κ3) is 3.14. The lowest BCUT2D eigenvalue weighted by Gasteiger charge is -2.26. The van der Waals surface area contributed by atoms with E-state index in [0.717, 1.165) is 55.8 Å². The fourth-order valence-corrected chi connectivity index (χ4v) is 3.18. The Labute approximate surface area is 136 Å². The zero-order valence-corrected chi connectivity index (χ0v) is 13.2. The zero-order chi connectivity index (χ0) is 15.5. The first-order chi connectivity index (χ1) is 11.4. The maximum absolute atomic E-state index is 5.50. The van der Waals surface area contributed by atoms with Crippen LogP contribution in [0.15, 0.2) is 53.1 Å². The van der Waals surface area contributed by atoms with Gasteiger partial charge in [0.25, 0.3) is 0 Å². The minimum Gasteiger partial charge on any atom is -0.356 e. The summed E-state index contributed by atoms with van der Waals surface area (Å²) in [6, 6.07) is 16.8. The second-order valence-electron chi connectivity index (χ2n) is 6.05. The Morgan fingerprint density at radius 3 is 2.65 bits per heavy atom. The van der Waals surface area contributed by atoms with Crippen molar-refractivity contribution in [3.8, 4) is 11.1 Å². The average Bonchev–Trinajstić information content (AvgIpc) is 3.04. The lowest BCUT2D eigenvalue weighted by molar-refractivity contribution is 0.242. The first kappa shape index (κ1) is 14.4. The minimum absolute atomic E-state index is 0.875. The van der Waals surface area contributed by atoms with Crippen LogP contribution in [0.2, 0.25) is 0 Å². The summed E-state index contributed by atoms with van der Waals surface area (Å²) in [5.41, 5.74) is 4.38. The smallest absolute Gasteiger partial charge is 0.167 e. The van der Waals surface area contributed by atoms with E-state index >= 15 is 0 Å². The molecule has 0 unspecified atom stereocenters. The number of hydrogen-bond donors (Lipinski definition) is 1. The molecule has 0 amide bonds. The third-order valence-electron chi connectivity index (χ3n) is 4.53. The van der Waals surface area contributed by atoms with Crippen LogP contribution >= 0.6 is 0 Å². The molecule has 23 heavy (non-hydrogen) atoms. The first-order valence-electron chi connectivity index (χ1n) is 8.27. The van der Waals surface area contributed by atoms with Crippen LogP contribution in [-0.2, 0) is 6.42 Å². The molecule has 2 aromatic carbocycles. The number of fused-ring (bicyclic) bond motifs is 1. The van der Waals surface area contributed by atoms with E-state index in [0.29, 0.717) is 0 Å². The number of piperazine rings is 1. The quantitative estimate of drug-likeness (QED) is 0.804. The predicted octanol–water partition coefficient (Wildman–Crippen LogP) is 2.94. The van der Waals surface area contributed by atoms with Gasteiger partial charge in [0.05, 0.1) is 5.69 Å². The fraction of sp³-hybridized carbons (Fsp3) is 0.316. The number of nitrogens with one attached hydrogen (secondary N) is 1. The number of nitrogens with zero attached hydrogens (tertiary/aromatic N) is 2. The normalized spacial score (nSPS) is 16.0. The highest BCUT2D eigenvalue weighted by Gasteiger charge is 2.13. The van der Waals surface area contributed by atoms with Gasteiger partial charge in [0, 0.05) is 44.5 Å². The van der Waals surface area contributed by atoms with E-state index in [4.69, 9.17) is 4.52 Å². The minimum atomic E-state index is 0.875. The van der Waals surface area contributed by atoms with Crippen LogP contribution in [0.25, 0.3) is 22.1 Å². The van der Waals surface area contributed by atoms with Gasteiger partial charge in [-0.05, 0) is 23.3 Å². The molecule has 1 aromatic heterocycles. The van der Waals surface area contributed by atoms with E-state index in [-0.39, 0.29) is 0 Å². The van der Waals surface area contributed by atoms with Crippen LogP contribution in [0.4, 0.5) is 0 Å². The van der Waals surface area contributed by atoms with Crippen LogP contribution in [0.3, 0.4) is 0 Å². The molecule has 3 aromatic rings. The molecule has 1 aliphatic rings. The molecule has 0 spiro atoms. The van der Waals surface area contributed by atoms with E-state index in [1.807, 2.05) is 12.1 Å². The average molecular weight is 307 g/mol. The summed E-state index contributed by atoms with van der Waals surface area (Å²) in [6.07, 6.45) is 0.936. The maximum atomic E-state index is 5.50. The van der Waals surface area contributed by atoms with E-state index in [1.54, 1.807) is 0 Å². The molecule has 4 rings (SSSR count). The van der Waals surface area contributed by atoms with Gasteiger partial charge in [0.2, 0.25) is 0 Å². The van der Waals surface area contributed by atoms with E-state index in [9.17, 15) is 0 Å². The van der Waals surface area contributed by atoms with Gasteiger partial charge in [-0.25, -0.2) is 0 Å². The van der Waals surface area contributed by atoms with Gasteiger partial charge in [-0.3, -0.25) is 0 Å². The number of benzene rings is 2. The lowest BCUT2D eigenvalue weighted by Crippen LogP contribution is -2.44. The SMILES string of the molecule is c1ccc(-c2ccc3onc(CCN4CCNCC4)c3c2)cc1. The second kappa shape index (κ2) is 6.52. The fourth-order valence-electron chi connectivity index (χ4n) is 3.18. The molecule has 0 atom stereocenters.